The van der Waals surface area contributed by atoms with Gasteiger partial charge in [-0.1, -0.05) is 12.8 Å². The molecular weight excluding hydrogens is 465 g/mol. The lowest BCUT2D eigenvalue weighted by atomic mass is 10.1. The van der Waals surface area contributed by atoms with E-state index in [0.29, 0.717) is 6.04 Å². The first kappa shape index (κ1) is 25.9. The summed E-state index contributed by atoms with van der Waals surface area (Å²) >= 11 is 0. The van der Waals surface area contributed by atoms with E-state index in [4.69, 9.17) is 4.74 Å². The molecule has 0 aromatic carbocycles. The molecule has 0 atom stereocenters. The molecule has 2 N–H and O–H groups in total. The molecule has 166 valence electrons. The van der Waals surface area contributed by atoms with Crippen LogP contribution in [0.2, 0.25) is 0 Å². The van der Waals surface area contributed by atoms with Crippen LogP contribution in [-0.4, -0.2) is 88.4 Å². The molecule has 0 saturated carbocycles. The Balaban J connectivity index is 0.00000392. The highest BCUT2D eigenvalue weighted by atomic mass is 127. The van der Waals surface area contributed by atoms with Gasteiger partial charge in [-0.05, 0) is 64.6 Å². The third kappa shape index (κ3) is 11.2. The largest absolute Gasteiger partial charge is 0.385 e. The van der Waals surface area contributed by atoms with Gasteiger partial charge in [-0.2, -0.15) is 0 Å². The van der Waals surface area contributed by atoms with Crippen molar-refractivity contribution >= 4 is 29.9 Å². The average molecular weight is 510 g/mol. The van der Waals surface area contributed by atoms with E-state index in [9.17, 15) is 0 Å². The van der Waals surface area contributed by atoms with Crippen molar-refractivity contribution in [2.45, 2.75) is 63.8 Å². The van der Waals surface area contributed by atoms with Gasteiger partial charge in [-0.3, -0.25) is 4.99 Å². The summed E-state index contributed by atoms with van der Waals surface area (Å²) in [6.45, 7) is 9.33. The van der Waals surface area contributed by atoms with Gasteiger partial charge in [0.15, 0.2) is 5.96 Å². The average Bonchev–Trinajstić information content (AvgIpc) is 2.71. The first-order chi connectivity index (χ1) is 13.3. The second-order valence-corrected chi connectivity index (χ2v) is 8.07. The SMILES string of the molecule is CN=C(NCCCCCN1CCCCC1)NC1CCN(CCCOC)CC1.I. The lowest BCUT2D eigenvalue weighted by Crippen LogP contribution is -2.49. The van der Waals surface area contributed by atoms with Crippen LogP contribution in [0.4, 0.5) is 0 Å². The normalized spacial score (nSPS) is 20.0. The predicted octanol–water partition coefficient (Wildman–Crippen LogP) is 2.93. The van der Waals surface area contributed by atoms with Crippen molar-refractivity contribution in [1.82, 2.24) is 20.4 Å². The van der Waals surface area contributed by atoms with Crippen LogP contribution >= 0.6 is 24.0 Å². The van der Waals surface area contributed by atoms with E-state index in [0.717, 1.165) is 32.1 Å². The maximum absolute atomic E-state index is 5.15. The fourth-order valence-electron chi connectivity index (χ4n) is 4.15. The van der Waals surface area contributed by atoms with E-state index in [1.807, 2.05) is 7.05 Å². The minimum atomic E-state index is 0. The topological polar surface area (TPSA) is 52.1 Å². The third-order valence-corrected chi connectivity index (χ3v) is 5.87. The van der Waals surface area contributed by atoms with Gasteiger partial charge in [0.25, 0.3) is 0 Å². The number of halogens is 1. The Morgan fingerprint density at radius 2 is 1.61 bits per heavy atom. The first-order valence-corrected chi connectivity index (χ1v) is 11.2. The Hall–Kier alpha value is -0.120. The van der Waals surface area contributed by atoms with Crippen molar-refractivity contribution in [1.29, 1.82) is 0 Å². The molecule has 2 aliphatic rings. The van der Waals surface area contributed by atoms with Crippen molar-refractivity contribution < 1.29 is 4.74 Å². The van der Waals surface area contributed by atoms with Crippen molar-refractivity contribution in [2.75, 3.05) is 66.6 Å². The molecule has 0 aromatic heterocycles. The van der Waals surface area contributed by atoms with Gasteiger partial charge < -0.3 is 25.2 Å². The summed E-state index contributed by atoms with van der Waals surface area (Å²) in [5, 5.41) is 7.12. The molecule has 0 aromatic rings. The number of hydrogen-bond acceptors (Lipinski definition) is 4. The number of hydrogen-bond donors (Lipinski definition) is 2. The van der Waals surface area contributed by atoms with Crippen LogP contribution in [0.15, 0.2) is 4.99 Å². The quantitative estimate of drug-likeness (QED) is 0.194. The molecule has 6 nitrogen and oxygen atoms in total. The van der Waals surface area contributed by atoms with E-state index in [-0.39, 0.29) is 24.0 Å². The van der Waals surface area contributed by atoms with Gasteiger partial charge in [0, 0.05) is 53.0 Å². The highest BCUT2D eigenvalue weighted by molar-refractivity contribution is 14.0. The Bertz CT molecular complexity index is 396. The number of rotatable bonds is 11. The standard InChI is InChI=1S/C21H43N5O.HI/c1-22-21(23-12-5-3-6-13-25-14-7-4-8-15-25)24-20-10-17-26(18-11-20)16-9-19-27-2;/h20H,3-19H2,1-2H3,(H2,22,23,24);1H. The van der Waals surface area contributed by atoms with Gasteiger partial charge in [0.2, 0.25) is 0 Å². The van der Waals surface area contributed by atoms with E-state index in [2.05, 4.69) is 25.4 Å². The molecule has 0 amide bonds. The fraction of sp³-hybridized carbons (Fsp3) is 0.952. The Labute approximate surface area is 190 Å². The summed E-state index contributed by atoms with van der Waals surface area (Å²) in [5.74, 6) is 0.976. The smallest absolute Gasteiger partial charge is 0.191 e. The van der Waals surface area contributed by atoms with Crippen LogP contribution in [0.5, 0.6) is 0 Å². The number of guanidine groups is 1. The first-order valence-electron chi connectivity index (χ1n) is 11.2. The second kappa shape index (κ2) is 16.7. The Morgan fingerprint density at radius 1 is 0.929 bits per heavy atom. The van der Waals surface area contributed by atoms with Crippen molar-refractivity contribution in [3.05, 3.63) is 0 Å². The number of ether oxygens (including phenoxy) is 1. The lowest BCUT2D eigenvalue weighted by Gasteiger charge is -2.33. The summed E-state index contributed by atoms with van der Waals surface area (Å²) in [5.41, 5.74) is 0. The maximum Gasteiger partial charge on any atom is 0.191 e. The summed E-state index contributed by atoms with van der Waals surface area (Å²) in [6, 6.07) is 0.550. The zero-order valence-corrected chi connectivity index (χ0v) is 20.6. The molecule has 0 radical (unpaired) electrons. The molecular formula is C21H44IN5O. The number of aliphatic imine (C=N–C) groups is 1. The van der Waals surface area contributed by atoms with Gasteiger partial charge >= 0.3 is 0 Å². The lowest BCUT2D eigenvalue weighted by molar-refractivity contribution is 0.155. The fourth-order valence-corrected chi connectivity index (χ4v) is 4.15. The molecule has 2 aliphatic heterocycles. The van der Waals surface area contributed by atoms with Crippen LogP contribution in [0.1, 0.15) is 57.8 Å². The summed E-state index contributed by atoms with van der Waals surface area (Å²) in [6.07, 6.45) is 11.6. The number of unbranched alkanes of at least 4 members (excludes halogenated alkanes) is 2. The molecule has 2 saturated heterocycles. The number of piperidine rings is 2. The number of methoxy groups -OCH3 is 1. The van der Waals surface area contributed by atoms with Crippen LogP contribution in [0, 0.1) is 0 Å². The van der Waals surface area contributed by atoms with Crippen molar-refractivity contribution in [3.8, 4) is 0 Å². The van der Waals surface area contributed by atoms with Crippen LogP contribution in [-0.2, 0) is 4.74 Å². The van der Waals surface area contributed by atoms with E-state index >= 15 is 0 Å². The maximum atomic E-state index is 5.15. The Kier molecular flexibility index (Phi) is 15.4. The highest BCUT2D eigenvalue weighted by Crippen LogP contribution is 2.11. The van der Waals surface area contributed by atoms with Crippen LogP contribution in [0.3, 0.4) is 0 Å². The molecule has 2 heterocycles. The number of nitrogens with one attached hydrogen (secondary N) is 2. The van der Waals surface area contributed by atoms with Gasteiger partial charge in [0.05, 0.1) is 0 Å². The minimum absolute atomic E-state index is 0. The Morgan fingerprint density at radius 3 is 2.29 bits per heavy atom. The number of nitrogens with zero attached hydrogens (tertiary/aromatic N) is 3. The molecule has 7 heteroatoms. The predicted molar refractivity (Wildman–Crippen MR) is 130 cm³/mol. The monoisotopic (exact) mass is 509 g/mol. The highest BCUT2D eigenvalue weighted by Gasteiger charge is 2.19. The van der Waals surface area contributed by atoms with Crippen molar-refractivity contribution in [2.24, 2.45) is 4.99 Å². The van der Waals surface area contributed by atoms with Crippen LogP contribution < -0.4 is 10.6 Å². The van der Waals surface area contributed by atoms with Gasteiger partial charge in [-0.15, -0.1) is 24.0 Å². The van der Waals surface area contributed by atoms with Gasteiger partial charge in [-0.25, -0.2) is 0 Å². The van der Waals surface area contributed by atoms with E-state index in [1.54, 1.807) is 7.11 Å². The van der Waals surface area contributed by atoms with Crippen LogP contribution in [0.25, 0.3) is 0 Å². The summed E-state index contributed by atoms with van der Waals surface area (Å²) in [4.78, 5) is 9.60. The minimum Gasteiger partial charge on any atom is -0.385 e. The van der Waals surface area contributed by atoms with Gasteiger partial charge in [0.1, 0.15) is 0 Å². The summed E-state index contributed by atoms with van der Waals surface area (Å²) in [7, 11) is 3.66. The molecule has 28 heavy (non-hydrogen) atoms. The van der Waals surface area contributed by atoms with Crippen molar-refractivity contribution in [3.63, 3.8) is 0 Å². The molecule has 0 spiro atoms. The molecule has 2 rings (SSSR count). The zero-order chi connectivity index (χ0) is 19.2. The summed E-state index contributed by atoms with van der Waals surface area (Å²) < 4.78 is 5.15. The zero-order valence-electron chi connectivity index (χ0n) is 18.3. The molecule has 2 fully saturated rings. The third-order valence-electron chi connectivity index (χ3n) is 5.87. The van der Waals surface area contributed by atoms with E-state index < -0.39 is 0 Å². The van der Waals surface area contributed by atoms with E-state index in [1.165, 1.54) is 84.1 Å². The molecule has 0 unspecified atom stereocenters. The second-order valence-electron chi connectivity index (χ2n) is 8.07. The molecule has 0 bridgehead atoms. The molecule has 0 aliphatic carbocycles. The number of likely N-dealkylation sites (tertiary alicyclic amines) is 2.